The van der Waals surface area contributed by atoms with E-state index in [1.807, 2.05) is 13.8 Å². The lowest BCUT2D eigenvalue weighted by Crippen LogP contribution is -2.32. The third kappa shape index (κ3) is 4.89. The van der Waals surface area contributed by atoms with Gasteiger partial charge in [-0.2, -0.15) is 0 Å². The van der Waals surface area contributed by atoms with Crippen LogP contribution in [0.4, 0.5) is 8.78 Å². The van der Waals surface area contributed by atoms with E-state index >= 15 is 0 Å². The Labute approximate surface area is 118 Å². The molecular weight excluding hydrogens is 264 g/mol. The second-order valence-corrected chi connectivity index (χ2v) is 4.95. The Hall–Kier alpha value is -1.49. The Balaban J connectivity index is 2.88. The summed E-state index contributed by atoms with van der Waals surface area (Å²) in [7, 11) is 0. The largest absolute Gasteiger partial charge is 0.465 e. The van der Waals surface area contributed by atoms with Gasteiger partial charge in [-0.05, 0) is 24.9 Å². The first-order valence-electron chi connectivity index (χ1n) is 6.73. The summed E-state index contributed by atoms with van der Waals surface area (Å²) in [5.74, 6) is -0.0230. The number of esters is 1. The minimum absolute atomic E-state index is 0.0554. The summed E-state index contributed by atoms with van der Waals surface area (Å²) in [5, 5.41) is 3.11. The molecule has 0 fully saturated rings. The van der Waals surface area contributed by atoms with Gasteiger partial charge in [-0.25, -0.2) is 13.6 Å². The van der Waals surface area contributed by atoms with Crippen molar-refractivity contribution in [1.82, 2.24) is 5.32 Å². The molecule has 1 unspecified atom stereocenters. The van der Waals surface area contributed by atoms with Crippen LogP contribution in [0.3, 0.4) is 0 Å². The molecule has 1 aromatic carbocycles. The number of carbonyl (C=O) groups excluding carboxylic acids is 1. The zero-order valence-corrected chi connectivity index (χ0v) is 12.0. The predicted molar refractivity (Wildman–Crippen MR) is 73.6 cm³/mol. The topological polar surface area (TPSA) is 38.3 Å². The predicted octanol–water partition coefficient (Wildman–Crippen LogP) is 3.47. The number of alkyl halides is 2. The van der Waals surface area contributed by atoms with E-state index in [-0.39, 0.29) is 12.2 Å². The Kier molecular flexibility index (Phi) is 6.58. The highest BCUT2D eigenvalue weighted by Crippen LogP contribution is 2.22. The molecular formula is C15H21F2NO2. The van der Waals surface area contributed by atoms with E-state index in [9.17, 15) is 13.6 Å². The minimum Gasteiger partial charge on any atom is -0.465 e. The van der Waals surface area contributed by atoms with Gasteiger partial charge in [-0.1, -0.05) is 38.1 Å². The number of benzene rings is 1. The lowest BCUT2D eigenvalue weighted by atomic mass is 10.0. The number of carbonyl (C=O) groups is 1. The van der Waals surface area contributed by atoms with Crippen LogP contribution in [0.1, 0.15) is 44.4 Å². The average Bonchev–Trinajstić information content (AvgIpc) is 2.39. The number of rotatable bonds is 7. The molecule has 1 N–H and O–H groups in total. The van der Waals surface area contributed by atoms with E-state index in [0.717, 1.165) is 0 Å². The van der Waals surface area contributed by atoms with Crippen molar-refractivity contribution in [1.29, 1.82) is 0 Å². The van der Waals surface area contributed by atoms with Gasteiger partial charge in [0, 0.05) is 5.56 Å². The number of hydrogen-bond donors (Lipinski definition) is 1. The number of ether oxygens (including phenoxy) is 1. The fraction of sp³-hybridized carbons (Fsp3) is 0.533. The molecule has 0 saturated heterocycles. The van der Waals surface area contributed by atoms with Crippen molar-refractivity contribution in [2.24, 2.45) is 5.92 Å². The molecule has 0 aliphatic heterocycles. The second kappa shape index (κ2) is 7.94. The summed E-state index contributed by atoms with van der Waals surface area (Å²) in [6.45, 7) is 6.70. The van der Waals surface area contributed by atoms with Crippen molar-refractivity contribution in [3.8, 4) is 0 Å². The highest BCUT2D eigenvalue weighted by Gasteiger charge is 2.22. The van der Waals surface area contributed by atoms with E-state index in [0.29, 0.717) is 18.0 Å². The summed E-state index contributed by atoms with van der Waals surface area (Å²) < 4.78 is 30.1. The second-order valence-electron chi connectivity index (χ2n) is 4.95. The van der Waals surface area contributed by atoms with Gasteiger partial charge in [-0.3, -0.25) is 0 Å². The SMILES string of the molecule is CCOC(=O)C(NCC(C)C)c1ccc(C(F)F)cc1. The molecule has 0 aromatic heterocycles. The lowest BCUT2D eigenvalue weighted by molar-refractivity contribution is -0.145. The standard InChI is InChI=1S/C15H21F2NO2/c1-4-20-15(19)13(18-9-10(2)3)11-5-7-12(8-6-11)14(16)17/h5-8,10,13-14,18H,4,9H2,1-3H3. The zero-order chi connectivity index (χ0) is 15.1. The van der Waals surface area contributed by atoms with Crippen LogP contribution < -0.4 is 5.32 Å². The molecule has 3 nitrogen and oxygen atoms in total. The molecule has 112 valence electrons. The summed E-state index contributed by atoms with van der Waals surface area (Å²) in [6, 6.07) is 5.13. The monoisotopic (exact) mass is 285 g/mol. The van der Waals surface area contributed by atoms with Crippen LogP contribution in [0.15, 0.2) is 24.3 Å². The molecule has 0 radical (unpaired) electrons. The molecule has 0 amide bonds. The maximum Gasteiger partial charge on any atom is 0.327 e. The van der Waals surface area contributed by atoms with Crippen LogP contribution in [-0.4, -0.2) is 19.1 Å². The summed E-state index contributed by atoms with van der Waals surface area (Å²) >= 11 is 0. The highest BCUT2D eigenvalue weighted by atomic mass is 19.3. The first-order valence-corrected chi connectivity index (χ1v) is 6.73. The maximum absolute atomic E-state index is 12.5. The molecule has 0 aliphatic rings. The number of hydrogen-bond acceptors (Lipinski definition) is 3. The molecule has 1 aromatic rings. The first-order chi connectivity index (χ1) is 9.45. The van der Waals surface area contributed by atoms with Gasteiger partial charge in [0.2, 0.25) is 0 Å². The molecule has 0 saturated carbocycles. The van der Waals surface area contributed by atoms with E-state index in [2.05, 4.69) is 5.32 Å². The third-order valence-electron chi connectivity index (χ3n) is 2.77. The Morgan fingerprint density at radius 3 is 2.20 bits per heavy atom. The molecule has 0 spiro atoms. The van der Waals surface area contributed by atoms with E-state index < -0.39 is 18.4 Å². The quantitative estimate of drug-likeness (QED) is 0.780. The minimum atomic E-state index is -2.51. The molecule has 0 aliphatic carbocycles. The molecule has 20 heavy (non-hydrogen) atoms. The fourth-order valence-corrected chi connectivity index (χ4v) is 1.75. The Morgan fingerprint density at radius 2 is 1.75 bits per heavy atom. The van der Waals surface area contributed by atoms with Crippen molar-refractivity contribution in [3.63, 3.8) is 0 Å². The van der Waals surface area contributed by atoms with Crippen LogP contribution in [-0.2, 0) is 9.53 Å². The van der Waals surface area contributed by atoms with E-state index in [1.54, 1.807) is 6.92 Å². The molecule has 0 bridgehead atoms. The van der Waals surface area contributed by atoms with Crippen LogP contribution in [0.5, 0.6) is 0 Å². The summed E-state index contributed by atoms with van der Waals surface area (Å²) in [6.07, 6.45) is -2.51. The van der Waals surface area contributed by atoms with Crippen LogP contribution in [0, 0.1) is 5.92 Å². The van der Waals surface area contributed by atoms with Crippen molar-refractivity contribution < 1.29 is 18.3 Å². The maximum atomic E-state index is 12.5. The van der Waals surface area contributed by atoms with Gasteiger partial charge in [0.25, 0.3) is 6.43 Å². The number of nitrogens with one attached hydrogen (secondary N) is 1. The van der Waals surface area contributed by atoms with Gasteiger partial charge >= 0.3 is 5.97 Å². The molecule has 0 heterocycles. The molecule has 1 atom stereocenters. The van der Waals surface area contributed by atoms with Crippen molar-refractivity contribution >= 4 is 5.97 Å². The van der Waals surface area contributed by atoms with Crippen LogP contribution in [0.25, 0.3) is 0 Å². The third-order valence-corrected chi connectivity index (χ3v) is 2.77. The zero-order valence-electron chi connectivity index (χ0n) is 12.0. The first kappa shape index (κ1) is 16.6. The highest BCUT2D eigenvalue weighted by molar-refractivity contribution is 5.77. The van der Waals surface area contributed by atoms with E-state index in [1.165, 1.54) is 24.3 Å². The van der Waals surface area contributed by atoms with Crippen molar-refractivity contribution in [2.75, 3.05) is 13.2 Å². The lowest BCUT2D eigenvalue weighted by Gasteiger charge is -2.19. The molecule has 1 rings (SSSR count). The van der Waals surface area contributed by atoms with E-state index in [4.69, 9.17) is 4.74 Å². The molecule has 5 heteroatoms. The van der Waals surface area contributed by atoms with Crippen molar-refractivity contribution in [3.05, 3.63) is 35.4 Å². The fourth-order valence-electron chi connectivity index (χ4n) is 1.75. The average molecular weight is 285 g/mol. The summed E-state index contributed by atoms with van der Waals surface area (Å²) in [5.41, 5.74) is 0.578. The van der Waals surface area contributed by atoms with Gasteiger partial charge in [0.05, 0.1) is 6.61 Å². The Morgan fingerprint density at radius 1 is 1.20 bits per heavy atom. The summed E-state index contributed by atoms with van der Waals surface area (Å²) in [4.78, 5) is 11.9. The normalized spacial score (nSPS) is 12.8. The van der Waals surface area contributed by atoms with Gasteiger partial charge in [-0.15, -0.1) is 0 Å². The number of halogens is 2. The van der Waals surface area contributed by atoms with Crippen LogP contribution >= 0.6 is 0 Å². The smallest absolute Gasteiger partial charge is 0.327 e. The Bertz CT molecular complexity index is 418. The van der Waals surface area contributed by atoms with Gasteiger partial charge in [0.15, 0.2) is 0 Å². The van der Waals surface area contributed by atoms with Crippen molar-refractivity contribution in [2.45, 2.75) is 33.2 Å². The van der Waals surface area contributed by atoms with Gasteiger partial charge < -0.3 is 10.1 Å². The van der Waals surface area contributed by atoms with Crippen LogP contribution in [0.2, 0.25) is 0 Å². The van der Waals surface area contributed by atoms with Gasteiger partial charge in [0.1, 0.15) is 6.04 Å².